The predicted molar refractivity (Wildman–Crippen MR) is 122 cm³/mol. The molecule has 0 unspecified atom stereocenters. The van der Waals surface area contributed by atoms with Crippen molar-refractivity contribution in [3.63, 3.8) is 0 Å². The summed E-state index contributed by atoms with van der Waals surface area (Å²) in [6.45, 7) is 6.35. The monoisotopic (exact) mass is 491 g/mol. The molecule has 0 amide bonds. The Kier molecular flexibility index (Phi) is 5.70. The number of benzene rings is 1. The van der Waals surface area contributed by atoms with Crippen LogP contribution in [0.15, 0.2) is 24.3 Å². The molecular formula is C24H25F4N5O2. The molecule has 7 nitrogen and oxygen atoms in total. The van der Waals surface area contributed by atoms with Crippen LogP contribution in [0.1, 0.15) is 36.3 Å². The fourth-order valence-corrected chi connectivity index (χ4v) is 4.84. The quantitative estimate of drug-likeness (QED) is 0.509. The van der Waals surface area contributed by atoms with Crippen molar-refractivity contribution < 1.29 is 27.0 Å². The molecule has 2 aromatic heterocycles. The fourth-order valence-electron chi connectivity index (χ4n) is 4.84. The highest BCUT2D eigenvalue weighted by Crippen LogP contribution is 2.44. The van der Waals surface area contributed by atoms with Gasteiger partial charge in [0.05, 0.1) is 30.7 Å². The number of pyridine rings is 1. The normalized spacial score (nSPS) is 18.1. The van der Waals surface area contributed by atoms with Crippen molar-refractivity contribution in [2.45, 2.75) is 32.5 Å². The Hall–Kier alpha value is -3.21. The maximum Gasteiger partial charge on any atom is 0.419 e. The Balaban J connectivity index is 1.51. The van der Waals surface area contributed by atoms with E-state index in [4.69, 9.17) is 9.47 Å². The molecule has 4 heterocycles. The topological polar surface area (TPSA) is 72.4 Å². The largest absolute Gasteiger partial charge is 0.479 e. The average molecular weight is 491 g/mol. The number of ether oxygens (including phenoxy) is 2. The first kappa shape index (κ1) is 23.5. The summed E-state index contributed by atoms with van der Waals surface area (Å²) in [7, 11) is 1.54. The summed E-state index contributed by atoms with van der Waals surface area (Å²) in [6, 6.07) is 4.31. The van der Waals surface area contributed by atoms with Crippen LogP contribution in [0.5, 0.6) is 5.88 Å². The number of rotatable bonds is 5. The van der Waals surface area contributed by atoms with E-state index in [1.165, 1.54) is 19.2 Å². The summed E-state index contributed by atoms with van der Waals surface area (Å²) in [5, 5.41) is 3.64. The highest BCUT2D eigenvalue weighted by molar-refractivity contribution is 5.91. The van der Waals surface area contributed by atoms with Crippen molar-refractivity contribution in [3.8, 4) is 5.88 Å². The molecule has 2 fully saturated rings. The minimum Gasteiger partial charge on any atom is -0.479 e. The first-order valence-corrected chi connectivity index (χ1v) is 11.3. The molecule has 5 rings (SSSR count). The summed E-state index contributed by atoms with van der Waals surface area (Å²) < 4.78 is 65.5. The van der Waals surface area contributed by atoms with Crippen LogP contribution in [-0.4, -0.2) is 48.4 Å². The van der Waals surface area contributed by atoms with Gasteiger partial charge in [-0.05, 0) is 32.4 Å². The second-order valence-corrected chi connectivity index (χ2v) is 9.24. The van der Waals surface area contributed by atoms with Gasteiger partial charge in [0.1, 0.15) is 23.1 Å². The van der Waals surface area contributed by atoms with Gasteiger partial charge in [0.15, 0.2) is 5.65 Å². The van der Waals surface area contributed by atoms with Crippen LogP contribution >= 0.6 is 0 Å². The summed E-state index contributed by atoms with van der Waals surface area (Å²) in [5.74, 6) is -0.120. The summed E-state index contributed by atoms with van der Waals surface area (Å²) >= 11 is 0. The molecule has 1 spiro atoms. The zero-order chi connectivity index (χ0) is 25.0. The first-order valence-electron chi connectivity index (χ1n) is 11.3. The number of nitrogens with zero attached hydrogens (tertiary/aromatic N) is 4. The van der Waals surface area contributed by atoms with Gasteiger partial charge in [0.2, 0.25) is 5.88 Å². The van der Waals surface area contributed by atoms with Crippen LogP contribution in [0.2, 0.25) is 0 Å². The van der Waals surface area contributed by atoms with E-state index < -0.39 is 23.6 Å². The van der Waals surface area contributed by atoms with Crippen LogP contribution in [-0.2, 0) is 10.9 Å². The van der Waals surface area contributed by atoms with Crippen LogP contribution in [0.3, 0.4) is 0 Å². The van der Waals surface area contributed by atoms with E-state index in [0.717, 1.165) is 44.5 Å². The zero-order valence-electron chi connectivity index (χ0n) is 19.5. The van der Waals surface area contributed by atoms with E-state index in [1.54, 1.807) is 13.8 Å². The molecule has 1 N–H and O–H groups in total. The Bertz CT molecular complexity index is 1270. The summed E-state index contributed by atoms with van der Waals surface area (Å²) in [4.78, 5) is 15.6. The van der Waals surface area contributed by atoms with Crippen molar-refractivity contribution in [2.75, 3.05) is 43.6 Å². The molecule has 11 heteroatoms. The molecule has 2 saturated heterocycles. The lowest BCUT2D eigenvalue weighted by Crippen LogP contribution is -2.57. The van der Waals surface area contributed by atoms with Gasteiger partial charge in [0.25, 0.3) is 0 Å². The second-order valence-electron chi connectivity index (χ2n) is 9.24. The number of hydrogen-bond acceptors (Lipinski definition) is 7. The Morgan fingerprint density at radius 2 is 1.97 bits per heavy atom. The van der Waals surface area contributed by atoms with Gasteiger partial charge in [-0.2, -0.15) is 18.2 Å². The van der Waals surface area contributed by atoms with Gasteiger partial charge >= 0.3 is 6.18 Å². The maximum absolute atomic E-state index is 14.7. The molecule has 186 valence electrons. The highest BCUT2D eigenvalue weighted by atomic mass is 19.4. The molecule has 0 aliphatic carbocycles. The van der Waals surface area contributed by atoms with Gasteiger partial charge in [-0.15, -0.1) is 0 Å². The summed E-state index contributed by atoms with van der Waals surface area (Å²) in [5.41, 5.74) is -0.136. The number of aryl methyl sites for hydroxylation is 1. The van der Waals surface area contributed by atoms with E-state index in [-0.39, 0.29) is 11.0 Å². The van der Waals surface area contributed by atoms with Crippen LogP contribution in [0.25, 0.3) is 11.0 Å². The van der Waals surface area contributed by atoms with Crippen LogP contribution in [0.4, 0.5) is 29.1 Å². The van der Waals surface area contributed by atoms with Gasteiger partial charge in [-0.3, -0.25) is 0 Å². The van der Waals surface area contributed by atoms with E-state index in [9.17, 15) is 17.6 Å². The van der Waals surface area contributed by atoms with Gasteiger partial charge < -0.3 is 19.7 Å². The average Bonchev–Trinajstić information content (AvgIpc) is 3.27. The summed E-state index contributed by atoms with van der Waals surface area (Å²) in [6.07, 6.45) is -3.78. The van der Waals surface area contributed by atoms with Crippen molar-refractivity contribution in [2.24, 2.45) is 5.41 Å². The van der Waals surface area contributed by atoms with Crippen LogP contribution in [0, 0.1) is 18.2 Å². The molecular weight excluding hydrogens is 466 g/mol. The van der Waals surface area contributed by atoms with Gasteiger partial charge in [-0.1, -0.05) is 12.1 Å². The number of alkyl halides is 3. The third kappa shape index (κ3) is 4.22. The van der Waals surface area contributed by atoms with E-state index in [2.05, 4.69) is 25.2 Å². The van der Waals surface area contributed by atoms with E-state index >= 15 is 0 Å². The van der Waals surface area contributed by atoms with Crippen molar-refractivity contribution in [3.05, 3.63) is 47.0 Å². The number of halogens is 4. The molecule has 3 aromatic rings. The van der Waals surface area contributed by atoms with Gasteiger partial charge in [0, 0.05) is 30.7 Å². The maximum atomic E-state index is 14.7. The van der Waals surface area contributed by atoms with E-state index in [1.807, 2.05) is 6.07 Å². The van der Waals surface area contributed by atoms with E-state index in [0.29, 0.717) is 28.6 Å². The van der Waals surface area contributed by atoms with Crippen LogP contribution < -0.4 is 15.0 Å². The Morgan fingerprint density at radius 1 is 1.20 bits per heavy atom. The number of hydrogen-bond donors (Lipinski definition) is 1. The molecule has 2 aliphatic heterocycles. The van der Waals surface area contributed by atoms with Crippen molar-refractivity contribution >= 4 is 22.5 Å². The first-order chi connectivity index (χ1) is 16.6. The smallest absolute Gasteiger partial charge is 0.419 e. The predicted octanol–water partition coefficient (Wildman–Crippen LogP) is 4.90. The lowest BCUT2D eigenvalue weighted by molar-refractivity contribution is -0.140. The van der Waals surface area contributed by atoms with Crippen molar-refractivity contribution in [1.82, 2.24) is 15.0 Å². The second kappa shape index (κ2) is 8.47. The number of methoxy groups -OCH3 is 1. The Morgan fingerprint density at radius 3 is 2.63 bits per heavy atom. The fraction of sp³-hybridized carbons (Fsp3) is 0.458. The number of nitrogens with one attached hydrogen (secondary N) is 1. The van der Waals surface area contributed by atoms with Crippen molar-refractivity contribution in [1.29, 1.82) is 0 Å². The third-order valence-electron chi connectivity index (χ3n) is 6.67. The molecule has 1 atom stereocenters. The minimum atomic E-state index is -4.79. The zero-order valence-corrected chi connectivity index (χ0v) is 19.5. The Labute approximate surface area is 199 Å². The molecule has 0 radical (unpaired) electrons. The lowest BCUT2D eigenvalue weighted by Gasteiger charge is -2.48. The number of aromatic nitrogens is 3. The standard InChI is InChI=1S/C24H25F4N5O2/c1-13(15-5-4-6-17(19(15)25)24(26,27)28)29-20-16-9-18(33-10-23(11-33)7-8-35-12-23)22(34-3)32-21(16)31-14(2)30-20/h4-6,9,13H,7-8,10-12H2,1-3H3,(H,29,30,31,32)/t13-/m1/s1. The number of fused-ring (bicyclic) bond motifs is 1. The van der Waals surface area contributed by atoms with Gasteiger partial charge in [-0.25, -0.2) is 14.4 Å². The molecule has 1 aromatic carbocycles. The highest BCUT2D eigenvalue weighted by Gasteiger charge is 2.46. The number of anilines is 2. The lowest BCUT2D eigenvalue weighted by atomic mass is 9.79. The molecule has 0 saturated carbocycles. The molecule has 35 heavy (non-hydrogen) atoms. The SMILES string of the molecule is COc1nc2nc(C)nc(N[C@H](C)c3cccc(C(F)(F)F)c3F)c2cc1N1CC2(CCOC2)C1. The molecule has 2 aliphatic rings. The minimum absolute atomic E-state index is 0.114. The molecule has 0 bridgehead atoms. The third-order valence-corrected chi connectivity index (χ3v) is 6.67.